The zero-order valence-corrected chi connectivity index (χ0v) is 15.5. The second-order valence-electron chi connectivity index (χ2n) is 7.30. The lowest BCUT2D eigenvalue weighted by Crippen LogP contribution is -2.54. The highest BCUT2D eigenvalue weighted by Gasteiger charge is 2.48. The van der Waals surface area contributed by atoms with Gasteiger partial charge in [0.1, 0.15) is 0 Å². The van der Waals surface area contributed by atoms with Crippen molar-refractivity contribution in [2.75, 3.05) is 13.1 Å². The molecular formula is C22H23N3O2. The number of likely N-dealkylation sites (tertiary alicyclic amines) is 1. The largest absolute Gasteiger partial charge is 0.343 e. The summed E-state index contributed by atoms with van der Waals surface area (Å²) in [6.45, 7) is 2.92. The minimum Gasteiger partial charge on any atom is -0.343 e. The average Bonchev–Trinajstić information content (AvgIpc) is 3.08. The first-order valence-corrected chi connectivity index (χ1v) is 9.37. The predicted octanol–water partition coefficient (Wildman–Crippen LogP) is 3.32. The molecule has 4 rings (SSSR count). The van der Waals surface area contributed by atoms with Gasteiger partial charge in [0.15, 0.2) is 0 Å². The van der Waals surface area contributed by atoms with Gasteiger partial charge in [0.05, 0.1) is 11.3 Å². The number of benzene rings is 2. The van der Waals surface area contributed by atoms with Crippen LogP contribution in [0, 0.1) is 0 Å². The molecule has 0 aromatic heterocycles. The highest BCUT2D eigenvalue weighted by atomic mass is 16.2. The Bertz CT molecular complexity index is 869. The molecule has 0 radical (unpaired) electrons. The zero-order chi connectivity index (χ0) is 18.9. The molecule has 0 saturated carbocycles. The van der Waals surface area contributed by atoms with Crippen molar-refractivity contribution in [3.63, 3.8) is 0 Å². The van der Waals surface area contributed by atoms with Crippen molar-refractivity contribution < 1.29 is 9.59 Å². The summed E-state index contributed by atoms with van der Waals surface area (Å²) in [6.07, 6.45) is 2.21. The summed E-state index contributed by atoms with van der Waals surface area (Å²) in [7, 11) is 0. The minimum atomic E-state index is -0.357. The molecule has 0 atom stereocenters. The maximum Gasteiger partial charge on any atom is 0.274 e. The second-order valence-corrected chi connectivity index (χ2v) is 7.30. The van der Waals surface area contributed by atoms with Gasteiger partial charge in [-0.3, -0.25) is 9.59 Å². The summed E-state index contributed by atoms with van der Waals surface area (Å²) in [4.78, 5) is 26.9. The Kier molecular flexibility index (Phi) is 4.52. The van der Waals surface area contributed by atoms with Crippen molar-refractivity contribution in [3.05, 3.63) is 71.8 Å². The van der Waals surface area contributed by atoms with Crippen molar-refractivity contribution in [2.24, 2.45) is 5.10 Å². The fourth-order valence-electron chi connectivity index (χ4n) is 4.03. The molecule has 2 aliphatic rings. The summed E-state index contributed by atoms with van der Waals surface area (Å²) in [6, 6.07) is 19.3. The molecule has 1 spiro atoms. The summed E-state index contributed by atoms with van der Waals surface area (Å²) in [5.41, 5.74) is 2.28. The van der Waals surface area contributed by atoms with Gasteiger partial charge in [0.25, 0.3) is 5.91 Å². The van der Waals surface area contributed by atoms with Gasteiger partial charge in [0.2, 0.25) is 5.91 Å². The topological polar surface area (TPSA) is 53.0 Å². The maximum absolute atomic E-state index is 13.3. The minimum absolute atomic E-state index is 0.0715. The first kappa shape index (κ1) is 17.5. The fraction of sp³-hybridized carbons (Fsp3) is 0.318. The molecule has 0 N–H and O–H groups in total. The lowest BCUT2D eigenvalue weighted by atomic mass is 9.81. The fourth-order valence-corrected chi connectivity index (χ4v) is 4.03. The highest BCUT2D eigenvalue weighted by molar-refractivity contribution is 6.05. The van der Waals surface area contributed by atoms with Crippen molar-refractivity contribution >= 4 is 17.5 Å². The third-order valence-corrected chi connectivity index (χ3v) is 5.63. The van der Waals surface area contributed by atoms with Crippen molar-refractivity contribution in [1.29, 1.82) is 0 Å². The van der Waals surface area contributed by atoms with Crippen LogP contribution in [0.5, 0.6) is 0 Å². The molecule has 2 heterocycles. The number of hydrogen-bond donors (Lipinski definition) is 0. The Labute approximate surface area is 159 Å². The SMILES string of the molecule is CC(=O)N1CCC2(CC1)CC(c1ccccc1)=NN2C(=O)c1ccccc1. The Morgan fingerprint density at radius 1 is 0.926 bits per heavy atom. The van der Waals surface area contributed by atoms with Crippen LogP contribution >= 0.6 is 0 Å². The van der Waals surface area contributed by atoms with Gasteiger partial charge in [0, 0.05) is 32.0 Å². The number of rotatable bonds is 2. The summed E-state index contributed by atoms with van der Waals surface area (Å²) in [5, 5.41) is 6.47. The van der Waals surface area contributed by atoms with E-state index in [0.717, 1.165) is 30.5 Å². The number of hydrogen-bond acceptors (Lipinski definition) is 3. The Morgan fingerprint density at radius 2 is 1.52 bits per heavy atom. The molecule has 2 aromatic carbocycles. The molecule has 2 amide bonds. The number of nitrogens with zero attached hydrogens (tertiary/aromatic N) is 3. The number of piperidine rings is 1. The van der Waals surface area contributed by atoms with E-state index in [-0.39, 0.29) is 17.4 Å². The van der Waals surface area contributed by atoms with Gasteiger partial charge < -0.3 is 4.90 Å². The molecule has 0 aliphatic carbocycles. The van der Waals surface area contributed by atoms with E-state index in [1.54, 1.807) is 11.9 Å². The van der Waals surface area contributed by atoms with Crippen LogP contribution < -0.4 is 0 Å². The first-order valence-electron chi connectivity index (χ1n) is 9.37. The second kappa shape index (κ2) is 6.99. The Morgan fingerprint density at radius 3 is 2.11 bits per heavy atom. The monoisotopic (exact) mass is 361 g/mol. The highest BCUT2D eigenvalue weighted by Crippen LogP contribution is 2.39. The van der Waals surface area contributed by atoms with Crippen molar-refractivity contribution in [1.82, 2.24) is 9.91 Å². The van der Waals surface area contributed by atoms with E-state index < -0.39 is 0 Å². The number of carbonyl (C=O) groups is 2. The van der Waals surface area contributed by atoms with E-state index in [1.165, 1.54) is 0 Å². The van der Waals surface area contributed by atoms with Crippen molar-refractivity contribution in [3.8, 4) is 0 Å². The summed E-state index contributed by atoms with van der Waals surface area (Å²) >= 11 is 0. The lowest BCUT2D eigenvalue weighted by molar-refractivity contribution is -0.131. The van der Waals surface area contributed by atoms with E-state index in [4.69, 9.17) is 5.10 Å². The number of amides is 2. The number of carbonyl (C=O) groups excluding carboxylic acids is 2. The predicted molar refractivity (Wildman–Crippen MR) is 104 cm³/mol. The van der Waals surface area contributed by atoms with Crippen LogP contribution in [-0.4, -0.2) is 46.1 Å². The van der Waals surface area contributed by atoms with E-state index in [9.17, 15) is 9.59 Å². The molecule has 0 bridgehead atoms. The van der Waals surface area contributed by atoms with Gasteiger partial charge >= 0.3 is 0 Å². The Hall–Kier alpha value is -2.95. The summed E-state index contributed by atoms with van der Waals surface area (Å²) in [5.74, 6) is 0.0193. The van der Waals surface area contributed by atoms with Crippen LogP contribution in [0.1, 0.15) is 42.1 Å². The van der Waals surface area contributed by atoms with E-state index in [1.807, 2.05) is 65.6 Å². The maximum atomic E-state index is 13.3. The molecule has 5 nitrogen and oxygen atoms in total. The molecule has 1 fully saturated rings. The van der Waals surface area contributed by atoms with Gasteiger partial charge in [-0.15, -0.1) is 0 Å². The van der Waals surface area contributed by atoms with Crippen LogP contribution in [0.2, 0.25) is 0 Å². The smallest absolute Gasteiger partial charge is 0.274 e. The molecule has 138 valence electrons. The third-order valence-electron chi connectivity index (χ3n) is 5.63. The van der Waals surface area contributed by atoms with Crippen LogP contribution in [0.3, 0.4) is 0 Å². The van der Waals surface area contributed by atoms with Gasteiger partial charge in [-0.25, -0.2) is 5.01 Å². The van der Waals surface area contributed by atoms with Crippen LogP contribution in [0.15, 0.2) is 65.8 Å². The van der Waals surface area contributed by atoms with Gasteiger partial charge in [-0.2, -0.15) is 5.10 Å². The van der Waals surface area contributed by atoms with Crippen LogP contribution in [0.4, 0.5) is 0 Å². The molecule has 5 heteroatoms. The third kappa shape index (κ3) is 3.25. The lowest BCUT2D eigenvalue weighted by Gasteiger charge is -2.43. The molecular weight excluding hydrogens is 338 g/mol. The number of hydrazone groups is 1. The zero-order valence-electron chi connectivity index (χ0n) is 15.5. The molecule has 27 heavy (non-hydrogen) atoms. The molecule has 2 aromatic rings. The van der Waals surface area contributed by atoms with E-state index in [0.29, 0.717) is 18.7 Å². The molecule has 0 unspecified atom stereocenters. The van der Waals surface area contributed by atoms with Crippen LogP contribution in [0.25, 0.3) is 0 Å². The summed E-state index contributed by atoms with van der Waals surface area (Å²) < 4.78 is 0. The quantitative estimate of drug-likeness (QED) is 0.824. The van der Waals surface area contributed by atoms with Crippen LogP contribution in [-0.2, 0) is 4.79 Å². The van der Waals surface area contributed by atoms with E-state index in [2.05, 4.69) is 0 Å². The average molecular weight is 361 g/mol. The normalized spacial score (nSPS) is 18.5. The molecule has 1 saturated heterocycles. The van der Waals surface area contributed by atoms with E-state index >= 15 is 0 Å². The first-order chi connectivity index (χ1) is 13.1. The van der Waals surface area contributed by atoms with Gasteiger partial charge in [-0.1, -0.05) is 48.5 Å². The standard InChI is InChI=1S/C22H23N3O2/c1-17(26)24-14-12-22(13-15-24)16-20(18-8-4-2-5-9-18)23-25(22)21(27)19-10-6-3-7-11-19/h2-11H,12-16H2,1H3. The van der Waals surface area contributed by atoms with Gasteiger partial charge in [-0.05, 0) is 30.5 Å². The Balaban J connectivity index is 1.68. The molecule has 2 aliphatic heterocycles. The van der Waals surface area contributed by atoms with Crippen molar-refractivity contribution in [2.45, 2.75) is 31.7 Å².